The summed E-state index contributed by atoms with van der Waals surface area (Å²) < 4.78 is 13.5. The minimum Gasteiger partial charge on any atom is -0.478 e. The number of aliphatic carboxylic acids is 1. The van der Waals surface area contributed by atoms with Crippen molar-refractivity contribution < 1.29 is 14.3 Å². The third-order valence-corrected chi connectivity index (χ3v) is 4.05. The number of hydrogen-bond donors (Lipinski definition) is 1. The lowest BCUT2D eigenvalue weighted by Gasteiger charge is -2.32. The Morgan fingerprint density at radius 1 is 1.43 bits per heavy atom. The van der Waals surface area contributed by atoms with Crippen molar-refractivity contribution in [3.05, 3.63) is 35.7 Å². The van der Waals surface area contributed by atoms with Gasteiger partial charge in [-0.25, -0.2) is 9.18 Å². The molecule has 1 aromatic rings. The molecule has 1 N–H and O–H groups in total. The van der Waals surface area contributed by atoms with E-state index in [-0.39, 0.29) is 5.82 Å². The van der Waals surface area contributed by atoms with E-state index < -0.39 is 5.97 Å². The number of halogens is 1. The molecule has 0 amide bonds. The molecule has 3 nitrogen and oxygen atoms in total. The molecule has 4 heteroatoms. The normalized spacial score (nSPS) is 19.7. The Bertz CT molecular complexity index is 528. The minimum absolute atomic E-state index is 0.341. The van der Waals surface area contributed by atoms with E-state index in [2.05, 4.69) is 11.8 Å². The molecule has 1 fully saturated rings. The van der Waals surface area contributed by atoms with Crippen LogP contribution >= 0.6 is 0 Å². The zero-order valence-corrected chi connectivity index (χ0v) is 12.4. The molecule has 0 aliphatic carbocycles. The molecular weight excluding hydrogens is 269 g/mol. The Morgan fingerprint density at radius 3 is 2.95 bits per heavy atom. The summed E-state index contributed by atoms with van der Waals surface area (Å²) in [5, 5.41) is 8.79. The van der Waals surface area contributed by atoms with Gasteiger partial charge in [-0.15, -0.1) is 0 Å². The molecule has 1 saturated heterocycles. The van der Waals surface area contributed by atoms with Gasteiger partial charge in [-0.05, 0) is 43.5 Å². The van der Waals surface area contributed by atoms with Crippen molar-refractivity contribution in [1.82, 2.24) is 0 Å². The standard InChI is InChI=1S/C17H22FNO2/c1-2-15-6-4-3-5-11-19(15)16-9-8-14(18)12-13(16)7-10-17(20)21/h7-10,12,15H,2-6,11H2,1H3,(H,20,21)/b10-7+. The Kier molecular flexibility index (Phi) is 5.37. The molecule has 0 aromatic heterocycles. The monoisotopic (exact) mass is 291 g/mol. The van der Waals surface area contributed by atoms with Gasteiger partial charge in [-0.3, -0.25) is 0 Å². The van der Waals surface area contributed by atoms with Crippen molar-refractivity contribution in [1.29, 1.82) is 0 Å². The molecule has 1 unspecified atom stereocenters. The minimum atomic E-state index is -1.02. The van der Waals surface area contributed by atoms with Crippen molar-refractivity contribution in [2.24, 2.45) is 0 Å². The molecule has 114 valence electrons. The molecule has 0 radical (unpaired) electrons. The average molecular weight is 291 g/mol. The van der Waals surface area contributed by atoms with E-state index >= 15 is 0 Å². The number of carbonyl (C=O) groups is 1. The zero-order chi connectivity index (χ0) is 15.2. The number of carboxylic acids is 1. The predicted octanol–water partition coefficient (Wildman–Crippen LogP) is 4.08. The molecule has 0 bridgehead atoms. The van der Waals surface area contributed by atoms with Gasteiger partial charge in [-0.1, -0.05) is 19.8 Å². The van der Waals surface area contributed by atoms with Crippen LogP contribution in [-0.2, 0) is 4.79 Å². The molecule has 1 aliphatic heterocycles. The van der Waals surface area contributed by atoms with Crippen LogP contribution in [0.25, 0.3) is 6.08 Å². The van der Waals surface area contributed by atoms with Crippen LogP contribution in [0.5, 0.6) is 0 Å². The first-order valence-corrected chi connectivity index (χ1v) is 7.59. The van der Waals surface area contributed by atoms with Crippen molar-refractivity contribution >= 4 is 17.7 Å². The fourth-order valence-corrected chi connectivity index (χ4v) is 3.00. The van der Waals surface area contributed by atoms with Crippen molar-refractivity contribution in [3.8, 4) is 0 Å². The van der Waals surface area contributed by atoms with Crippen LogP contribution in [-0.4, -0.2) is 23.7 Å². The fraction of sp³-hybridized carbons (Fsp3) is 0.471. The second kappa shape index (κ2) is 7.25. The number of hydrogen-bond acceptors (Lipinski definition) is 2. The molecule has 21 heavy (non-hydrogen) atoms. The molecule has 0 saturated carbocycles. The topological polar surface area (TPSA) is 40.5 Å². The number of carboxylic acid groups (broad SMARTS) is 1. The first kappa shape index (κ1) is 15.5. The van der Waals surface area contributed by atoms with Gasteiger partial charge < -0.3 is 10.0 Å². The number of anilines is 1. The third-order valence-electron chi connectivity index (χ3n) is 4.05. The summed E-state index contributed by atoms with van der Waals surface area (Å²) in [6.45, 7) is 3.11. The second-order valence-corrected chi connectivity index (χ2v) is 5.48. The lowest BCUT2D eigenvalue weighted by Crippen LogP contribution is -2.34. The van der Waals surface area contributed by atoms with Crippen LogP contribution in [0.4, 0.5) is 10.1 Å². The summed E-state index contributed by atoms with van der Waals surface area (Å²) in [5.41, 5.74) is 1.57. The van der Waals surface area contributed by atoms with E-state index in [0.717, 1.165) is 37.6 Å². The van der Waals surface area contributed by atoms with Crippen LogP contribution in [0.3, 0.4) is 0 Å². The van der Waals surface area contributed by atoms with Crippen molar-refractivity contribution in [2.75, 3.05) is 11.4 Å². The smallest absolute Gasteiger partial charge is 0.328 e. The summed E-state index contributed by atoms with van der Waals surface area (Å²) in [6, 6.07) is 5.07. The molecule has 1 aliphatic rings. The van der Waals surface area contributed by atoms with Gasteiger partial charge in [0.1, 0.15) is 5.82 Å². The maximum atomic E-state index is 13.5. The highest BCUT2D eigenvalue weighted by molar-refractivity contribution is 5.87. The van der Waals surface area contributed by atoms with Crippen LogP contribution in [0.1, 0.15) is 44.6 Å². The van der Waals surface area contributed by atoms with Gasteiger partial charge in [-0.2, -0.15) is 0 Å². The lowest BCUT2D eigenvalue weighted by atomic mass is 10.0. The Balaban J connectivity index is 2.38. The molecule has 1 aromatic carbocycles. The van der Waals surface area contributed by atoms with Gasteiger partial charge in [0.2, 0.25) is 0 Å². The Morgan fingerprint density at radius 2 is 2.24 bits per heavy atom. The number of nitrogens with zero attached hydrogens (tertiary/aromatic N) is 1. The molecule has 1 heterocycles. The number of benzene rings is 1. The summed E-state index contributed by atoms with van der Waals surface area (Å²) in [4.78, 5) is 13.0. The quantitative estimate of drug-likeness (QED) is 0.850. The van der Waals surface area contributed by atoms with E-state index in [0.29, 0.717) is 11.6 Å². The Labute approximate surface area is 125 Å². The van der Waals surface area contributed by atoms with Crippen molar-refractivity contribution in [3.63, 3.8) is 0 Å². The van der Waals surface area contributed by atoms with Crippen molar-refractivity contribution in [2.45, 2.75) is 45.1 Å². The molecule has 2 rings (SSSR count). The predicted molar refractivity (Wildman–Crippen MR) is 83.0 cm³/mol. The van der Waals surface area contributed by atoms with Gasteiger partial charge in [0.05, 0.1) is 0 Å². The highest BCUT2D eigenvalue weighted by Gasteiger charge is 2.21. The maximum Gasteiger partial charge on any atom is 0.328 e. The third kappa shape index (κ3) is 4.06. The molecule has 1 atom stereocenters. The lowest BCUT2D eigenvalue weighted by molar-refractivity contribution is -0.131. The van der Waals surface area contributed by atoms with E-state index in [4.69, 9.17) is 5.11 Å². The maximum absolute atomic E-state index is 13.5. The summed E-state index contributed by atoms with van der Waals surface area (Å²) in [7, 11) is 0. The van der Waals surface area contributed by atoms with E-state index in [1.165, 1.54) is 31.1 Å². The van der Waals surface area contributed by atoms with Crippen LogP contribution < -0.4 is 4.90 Å². The first-order chi connectivity index (χ1) is 10.1. The van der Waals surface area contributed by atoms with Gasteiger partial charge in [0, 0.05) is 29.9 Å². The molecule has 0 spiro atoms. The summed E-state index contributed by atoms with van der Waals surface area (Å²) in [6.07, 6.45) is 8.28. The van der Waals surface area contributed by atoms with Crippen LogP contribution in [0.2, 0.25) is 0 Å². The van der Waals surface area contributed by atoms with E-state index in [9.17, 15) is 9.18 Å². The summed E-state index contributed by atoms with van der Waals surface area (Å²) in [5.74, 6) is -1.36. The van der Waals surface area contributed by atoms with Gasteiger partial charge in [0.15, 0.2) is 0 Å². The fourth-order valence-electron chi connectivity index (χ4n) is 3.00. The summed E-state index contributed by atoms with van der Waals surface area (Å²) >= 11 is 0. The highest BCUT2D eigenvalue weighted by atomic mass is 19.1. The van der Waals surface area contributed by atoms with Crippen LogP contribution in [0, 0.1) is 5.82 Å². The first-order valence-electron chi connectivity index (χ1n) is 7.59. The zero-order valence-electron chi connectivity index (χ0n) is 12.4. The van der Waals surface area contributed by atoms with E-state index in [1.807, 2.05) is 0 Å². The molecular formula is C17H22FNO2. The highest BCUT2D eigenvalue weighted by Crippen LogP contribution is 2.30. The average Bonchev–Trinajstić information content (AvgIpc) is 2.70. The second-order valence-electron chi connectivity index (χ2n) is 5.48. The largest absolute Gasteiger partial charge is 0.478 e. The van der Waals surface area contributed by atoms with E-state index in [1.54, 1.807) is 6.07 Å². The Hall–Kier alpha value is -1.84. The van der Waals surface area contributed by atoms with Gasteiger partial charge in [0.25, 0.3) is 0 Å². The van der Waals surface area contributed by atoms with Crippen LogP contribution in [0.15, 0.2) is 24.3 Å². The van der Waals surface area contributed by atoms with Gasteiger partial charge >= 0.3 is 5.97 Å². The SMILES string of the molecule is CCC1CCCCCN1c1ccc(F)cc1/C=C/C(=O)O. The number of rotatable bonds is 4.